The zero-order valence-electron chi connectivity index (χ0n) is 9.20. The smallest absolute Gasteiger partial charge is 0.358 e. The van der Waals surface area contributed by atoms with E-state index in [1.807, 2.05) is 0 Å². The molecule has 1 atom stereocenters. The minimum atomic E-state index is 0. The Morgan fingerprint density at radius 3 is 0.615 bits per heavy atom. The summed E-state index contributed by atoms with van der Waals surface area (Å²) in [4.78, 5) is 0. The SMILES string of the molecule is C=CC=C.C=CC=C.P.[CH3-].[CH3-].[CH3-].[Fe+3]. The van der Waals surface area contributed by atoms with Crippen LogP contribution in [0.2, 0.25) is 0 Å². The third kappa shape index (κ3) is 321. The molecule has 1 radical (unpaired) electrons. The summed E-state index contributed by atoms with van der Waals surface area (Å²) in [5.41, 5.74) is 0. The molecule has 0 rings (SSSR count). The molecule has 0 aliphatic carbocycles. The normalized spacial score (nSPS) is 3.08. The van der Waals surface area contributed by atoms with Crippen LogP contribution >= 0.6 is 9.90 Å². The fourth-order valence-corrected chi connectivity index (χ4v) is 0. The Morgan fingerprint density at radius 1 is 0.538 bits per heavy atom. The van der Waals surface area contributed by atoms with Gasteiger partial charge in [-0.3, -0.25) is 0 Å². The number of hydrogen-bond acceptors (Lipinski definition) is 0. The van der Waals surface area contributed by atoms with Gasteiger partial charge in [0.2, 0.25) is 0 Å². The summed E-state index contributed by atoms with van der Waals surface area (Å²) >= 11 is 0. The second kappa shape index (κ2) is 92.7. The number of allylic oxidation sites excluding steroid dienone is 4. The van der Waals surface area contributed by atoms with Gasteiger partial charge < -0.3 is 22.3 Å². The third-order valence-corrected chi connectivity index (χ3v) is 0.333. The molecule has 2 heteroatoms. The van der Waals surface area contributed by atoms with Crippen LogP contribution in [0.1, 0.15) is 0 Å². The van der Waals surface area contributed by atoms with Crippen LogP contribution in [0.3, 0.4) is 0 Å². The first kappa shape index (κ1) is 52.4. The average molecular weight is 243 g/mol. The van der Waals surface area contributed by atoms with Crippen LogP contribution in [-0.2, 0) is 17.1 Å². The quantitative estimate of drug-likeness (QED) is 0.296. The van der Waals surface area contributed by atoms with Crippen LogP contribution in [0.25, 0.3) is 0 Å². The number of rotatable bonds is 2. The first-order chi connectivity index (χ1) is 3.83. The predicted molar refractivity (Wildman–Crippen MR) is 71.1 cm³/mol. The molecule has 0 nitrogen and oxygen atoms in total. The fraction of sp³-hybridized carbons (Fsp3) is 0. The van der Waals surface area contributed by atoms with Crippen LogP contribution in [-0.4, -0.2) is 0 Å². The van der Waals surface area contributed by atoms with Gasteiger partial charge in [0, 0.05) is 0 Å². The molecule has 0 saturated carbocycles. The van der Waals surface area contributed by atoms with Crippen LogP contribution < -0.4 is 0 Å². The Bertz CT molecular complexity index is 64.1. The maximum atomic E-state index is 3.36. The van der Waals surface area contributed by atoms with Crippen LogP contribution in [0.4, 0.5) is 0 Å². The van der Waals surface area contributed by atoms with Crippen LogP contribution in [0, 0.1) is 22.3 Å². The van der Waals surface area contributed by atoms with E-state index in [1.54, 1.807) is 24.3 Å². The van der Waals surface area contributed by atoms with E-state index in [0.717, 1.165) is 0 Å². The standard InChI is InChI=1S/2C4H6.3CH3.Fe.H3P/c2*1-3-4-2;;;;;/h2*3-4H,1-2H2;3*1H3;;1H3/q;;3*-1;+3;. The Balaban J connectivity index is -0.00000000800. The Morgan fingerprint density at radius 2 is 0.615 bits per heavy atom. The van der Waals surface area contributed by atoms with Gasteiger partial charge in [-0.15, -0.1) is 0 Å². The van der Waals surface area contributed by atoms with E-state index in [2.05, 4.69) is 26.3 Å². The predicted octanol–water partition coefficient (Wildman–Crippen LogP) is 4.12. The van der Waals surface area contributed by atoms with Gasteiger partial charge >= 0.3 is 17.1 Å². The molecule has 0 aliphatic heterocycles. The molecule has 0 spiro atoms. The molecule has 81 valence electrons. The van der Waals surface area contributed by atoms with Crippen molar-refractivity contribution in [1.29, 1.82) is 0 Å². The molecule has 0 heterocycles. The van der Waals surface area contributed by atoms with E-state index in [1.165, 1.54) is 0 Å². The second-order valence-electron chi connectivity index (χ2n) is 0.943. The van der Waals surface area contributed by atoms with Gasteiger partial charge in [-0.25, -0.2) is 0 Å². The van der Waals surface area contributed by atoms with Gasteiger partial charge in [-0.05, 0) is 0 Å². The van der Waals surface area contributed by atoms with E-state index >= 15 is 0 Å². The Kier molecular flexibility index (Phi) is 374. The third-order valence-electron chi connectivity index (χ3n) is 0.333. The topological polar surface area (TPSA) is 0 Å². The molecule has 0 saturated heterocycles. The van der Waals surface area contributed by atoms with Gasteiger partial charge in [0.1, 0.15) is 0 Å². The summed E-state index contributed by atoms with van der Waals surface area (Å²) < 4.78 is 0. The van der Waals surface area contributed by atoms with Gasteiger partial charge in [-0.2, -0.15) is 9.90 Å². The van der Waals surface area contributed by atoms with E-state index in [9.17, 15) is 0 Å². The van der Waals surface area contributed by atoms with Crippen LogP contribution in [0.15, 0.2) is 50.6 Å². The van der Waals surface area contributed by atoms with Crippen molar-refractivity contribution in [2.45, 2.75) is 0 Å². The summed E-state index contributed by atoms with van der Waals surface area (Å²) in [6.07, 6.45) is 6.56. The van der Waals surface area contributed by atoms with Gasteiger partial charge in [-0.1, -0.05) is 50.6 Å². The molecule has 0 aromatic carbocycles. The van der Waals surface area contributed by atoms with Crippen molar-refractivity contribution in [3.63, 3.8) is 0 Å². The van der Waals surface area contributed by atoms with Crippen molar-refractivity contribution in [3.8, 4) is 0 Å². The summed E-state index contributed by atoms with van der Waals surface area (Å²) in [7, 11) is 0. The van der Waals surface area contributed by atoms with E-state index in [-0.39, 0.29) is 49.2 Å². The zero-order chi connectivity index (χ0) is 6.83. The van der Waals surface area contributed by atoms with E-state index in [4.69, 9.17) is 0 Å². The van der Waals surface area contributed by atoms with Gasteiger partial charge in [0.05, 0.1) is 0 Å². The van der Waals surface area contributed by atoms with Crippen LogP contribution in [0.5, 0.6) is 0 Å². The summed E-state index contributed by atoms with van der Waals surface area (Å²) in [5, 5.41) is 0. The summed E-state index contributed by atoms with van der Waals surface area (Å²) in [6, 6.07) is 0. The average Bonchev–Trinajstić information content (AvgIpc) is 1.88. The molecule has 1 unspecified atom stereocenters. The van der Waals surface area contributed by atoms with Crippen molar-refractivity contribution in [2.24, 2.45) is 0 Å². The molecule has 0 bridgehead atoms. The fourth-order valence-electron chi connectivity index (χ4n) is 0. The Labute approximate surface area is 100 Å². The maximum Gasteiger partial charge on any atom is 3.00 e. The van der Waals surface area contributed by atoms with Crippen molar-refractivity contribution in [3.05, 3.63) is 72.9 Å². The van der Waals surface area contributed by atoms with Crippen molar-refractivity contribution in [1.82, 2.24) is 0 Å². The molecular weight excluding hydrogens is 219 g/mol. The molecule has 0 aromatic rings. The molecular formula is C11H24FeP. The minimum absolute atomic E-state index is 0. The molecule has 0 amide bonds. The monoisotopic (exact) mass is 243 g/mol. The Hall–Kier alpha value is -0.0905. The molecule has 0 N–H and O–H groups in total. The molecule has 0 aromatic heterocycles. The largest absolute Gasteiger partial charge is 3.00 e. The van der Waals surface area contributed by atoms with Crippen molar-refractivity contribution >= 4 is 9.90 Å². The summed E-state index contributed by atoms with van der Waals surface area (Å²) in [6.45, 7) is 13.4. The first-order valence-electron chi connectivity index (χ1n) is 2.30. The molecule has 0 fully saturated rings. The van der Waals surface area contributed by atoms with Gasteiger partial charge in [0.15, 0.2) is 0 Å². The zero-order valence-corrected chi connectivity index (χ0v) is 11.7. The van der Waals surface area contributed by atoms with Gasteiger partial charge in [0.25, 0.3) is 0 Å². The molecule has 13 heavy (non-hydrogen) atoms. The second-order valence-corrected chi connectivity index (χ2v) is 0.943. The number of hydrogen-bond donors (Lipinski definition) is 0. The molecule has 0 aliphatic rings. The van der Waals surface area contributed by atoms with E-state index < -0.39 is 0 Å². The maximum absolute atomic E-state index is 3.36. The minimum Gasteiger partial charge on any atom is -0.358 e. The first-order valence-corrected chi connectivity index (χ1v) is 2.30. The van der Waals surface area contributed by atoms with E-state index in [0.29, 0.717) is 0 Å². The van der Waals surface area contributed by atoms with Crippen molar-refractivity contribution in [2.75, 3.05) is 0 Å². The summed E-state index contributed by atoms with van der Waals surface area (Å²) in [5.74, 6) is 0. The van der Waals surface area contributed by atoms with Crippen molar-refractivity contribution < 1.29 is 17.1 Å².